The Kier molecular flexibility index (Phi) is 43.2. The number of benzene rings is 2. The van der Waals surface area contributed by atoms with E-state index in [4.69, 9.17) is 28.7 Å². The molecule has 38 nitrogen and oxygen atoms in total. The van der Waals surface area contributed by atoms with Crippen molar-refractivity contribution in [3.05, 3.63) is 65.7 Å². The Morgan fingerprint density at radius 3 is 1.49 bits per heavy atom. The fourth-order valence-corrected chi connectivity index (χ4v) is 12.3. The van der Waals surface area contributed by atoms with Crippen LogP contribution in [0.3, 0.4) is 0 Å². The van der Waals surface area contributed by atoms with E-state index in [1.54, 1.807) is 97.9 Å². The quantitative estimate of drug-likeness (QED) is 0.0175. The third-order valence-corrected chi connectivity index (χ3v) is 19.6. The van der Waals surface area contributed by atoms with Crippen molar-refractivity contribution in [3.63, 3.8) is 0 Å². The molecular weight excluding hydrogens is 1480 g/mol. The van der Waals surface area contributed by atoms with Gasteiger partial charge in [0.15, 0.2) is 5.96 Å². The monoisotopic (exact) mass is 1610 g/mol. The van der Waals surface area contributed by atoms with Crippen LogP contribution < -0.4 is 92.5 Å². The number of aliphatic hydroxyl groups excluding tert-OH is 1. The van der Waals surface area contributed by atoms with Crippen molar-refractivity contribution >= 4 is 94.7 Å². The zero-order valence-electron chi connectivity index (χ0n) is 66.8. The zero-order valence-corrected chi connectivity index (χ0v) is 66.8. The number of hydrogen-bond donors (Lipinski definition) is 21. The van der Waals surface area contributed by atoms with Crippen LogP contribution in [0.1, 0.15) is 163 Å². The highest BCUT2D eigenvalue weighted by molar-refractivity contribution is 6.00. The molecule has 1 aliphatic heterocycles. The lowest BCUT2D eigenvalue weighted by Crippen LogP contribution is -2.61. The number of carbonyl (C=O) groups excluding carboxylic acids is 13. The van der Waals surface area contributed by atoms with Gasteiger partial charge in [0.1, 0.15) is 78.3 Å². The normalized spacial score (nSPS) is 16.2. The number of carbonyl (C=O) groups is 15. The number of carboxylic acids is 2. The summed E-state index contributed by atoms with van der Waals surface area (Å²) in [5, 5.41) is 70.0. The van der Waals surface area contributed by atoms with Gasteiger partial charge in [0, 0.05) is 32.4 Å². The summed E-state index contributed by atoms with van der Waals surface area (Å²) in [5.74, 6) is -16.6. The molecule has 0 bridgehead atoms. The predicted molar refractivity (Wildman–Crippen MR) is 420 cm³/mol. The average Bonchev–Trinajstić information content (AvgIpc) is 1.57. The maximum atomic E-state index is 14.9. The second-order valence-electron chi connectivity index (χ2n) is 29.4. The predicted octanol–water partition coefficient (Wildman–Crippen LogP) is -3.38. The minimum absolute atomic E-state index is 0.0177. The number of phenolic OH excluding ortho intramolecular Hbond substituents is 1. The number of aliphatic imine (C=N–C) groups is 1. The van der Waals surface area contributed by atoms with Crippen LogP contribution in [0.5, 0.6) is 5.75 Å². The third-order valence-electron chi connectivity index (χ3n) is 19.6. The first-order valence-electron chi connectivity index (χ1n) is 38.9. The number of nitrogens with one attached hydrogen (secondary N) is 12. The summed E-state index contributed by atoms with van der Waals surface area (Å²) in [6.45, 7) is 13.5. The molecule has 0 spiro atoms. The Balaban J connectivity index is 1.83. The minimum Gasteiger partial charge on any atom is -0.508 e. The summed E-state index contributed by atoms with van der Waals surface area (Å²) in [7, 11) is 0. The number of nitrogens with two attached hydrogens (primary N) is 5. The molecule has 3 rings (SSSR count). The van der Waals surface area contributed by atoms with Gasteiger partial charge in [-0.15, -0.1) is 0 Å². The molecule has 13 amide bonds. The lowest BCUT2D eigenvalue weighted by molar-refractivity contribution is -0.143. The topological polar surface area (TPSA) is 627 Å². The first-order chi connectivity index (χ1) is 53.9. The molecule has 1 heterocycles. The fraction of sp³-hybridized carbons (Fsp3) is 0.632. The number of aromatic hydroxyl groups is 1. The van der Waals surface area contributed by atoms with Crippen LogP contribution in [0, 0.1) is 23.7 Å². The Bertz CT molecular complexity index is 3550. The summed E-state index contributed by atoms with van der Waals surface area (Å²) >= 11 is 0. The summed E-state index contributed by atoms with van der Waals surface area (Å²) in [5.41, 5.74) is 29.7. The molecule has 15 atom stereocenters. The number of guanidine groups is 1. The molecule has 2 aromatic rings. The second kappa shape index (κ2) is 50.5. The Hall–Kier alpha value is -10.6. The van der Waals surface area contributed by atoms with Gasteiger partial charge in [-0.25, -0.2) is 4.79 Å². The second-order valence-corrected chi connectivity index (χ2v) is 29.4. The number of hydrogen-bond acceptors (Lipinski definition) is 21. The minimum atomic E-state index is -1.72. The number of carboxylic acid groups (broad SMARTS) is 2. The lowest BCUT2D eigenvalue weighted by atomic mass is 9.95. The number of amides is 13. The zero-order chi connectivity index (χ0) is 85.5. The molecule has 0 unspecified atom stereocenters. The number of phenols is 1. The highest BCUT2D eigenvalue weighted by atomic mass is 16.4. The van der Waals surface area contributed by atoms with Gasteiger partial charge in [0.25, 0.3) is 0 Å². The van der Waals surface area contributed by atoms with E-state index in [1.807, 2.05) is 0 Å². The molecule has 26 N–H and O–H groups in total. The van der Waals surface area contributed by atoms with Crippen molar-refractivity contribution in [3.8, 4) is 5.75 Å². The van der Waals surface area contributed by atoms with E-state index in [0.717, 1.165) is 0 Å². The van der Waals surface area contributed by atoms with E-state index in [9.17, 15) is 92.3 Å². The largest absolute Gasteiger partial charge is 0.508 e. The van der Waals surface area contributed by atoms with Crippen LogP contribution in [0.25, 0.3) is 0 Å². The molecule has 1 saturated heterocycles. The Labute approximate surface area is 664 Å². The first-order valence-corrected chi connectivity index (χ1v) is 38.9. The van der Waals surface area contributed by atoms with Crippen LogP contribution in [0.15, 0.2) is 59.6 Å². The standard InChI is InChI=1S/C76H123N19O19/c1-10-43(7)61(72(110)86-51(24-16-18-34-78)66(104)88-53(37-46-21-13-12-14-22-46)68(106)90-55(40-96)75(113)114)93-67(105)50(25-19-35-82-76(80)81)85-57(98)39-83-65(103)52(31-32-58(99)100)87-70(108)59(41(3)4)91-63(101)45(9)84-69(107)56-26-20-36-95(56)74(112)54(38-47-27-29-48(97)30-28-47)89-73(111)62(44(8)11-2)94-71(109)60(42(5)6)92-64(102)49(79)23-15-17-33-77/h12-14,21-22,27-30,41-45,49-56,59-62,96-97H,10-11,15-20,23-26,31-40,77-79H2,1-9H3,(H,83,103)(H,84,107)(H,85,98)(H,86,110)(H,87,108)(H,88,104)(H,89,111)(H,90,106)(H,91,101)(H,92,102)(H,93,105)(H,94,109)(H,99,100)(H,113,114)(H4,80,81,82)/t43-,44-,45-,49-,50-,51-,52-,53-,54-,55-,56-,59-,60-,61-,62-/m0/s1. The number of likely N-dealkylation sites (tertiary alicyclic amines) is 1. The van der Waals surface area contributed by atoms with E-state index in [0.29, 0.717) is 62.6 Å². The van der Waals surface area contributed by atoms with Crippen molar-refractivity contribution in [1.29, 1.82) is 0 Å². The van der Waals surface area contributed by atoms with Crippen LogP contribution >= 0.6 is 0 Å². The van der Waals surface area contributed by atoms with Gasteiger partial charge >= 0.3 is 11.9 Å². The Morgan fingerprint density at radius 1 is 0.500 bits per heavy atom. The van der Waals surface area contributed by atoms with Crippen LogP contribution in [0.4, 0.5) is 0 Å². The van der Waals surface area contributed by atoms with E-state index >= 15 is 0 Å². The summed E-state index contributed by atoms with van der Waals surface area (Å²) in [6.07, 6.45) is 1.74. The van der Waals surface area contributed by atoms with Gasteiger partial charge in [0.2, 0.25) is 76.8 Å². The summed E-state index contributed by atoms with van der Waals surface area (Å²) < 4.78 is 0. The highest BCUT2D eigenvalue weighted by Gasteiger charge is 2.42. The number of aliphatic carboxylic acids is 2. The van der Waals surface area contributed by atoms with Crippen LogP contribution in [0.2, 0.25) is 0 Å². The maximum absolute atomic E-state index is 14.9. The van der Waals surface area contributed by atoms with Gasteiger partial charge in [-0.05, 0) is 131 Å². The first kappa shape index (κ1) is 97.6. The molecule has 0 aliphatic carbocycles. The van der Waals surface area contributed by atoms with Crippen molar-refractivity contribution < 1.29 is 92.3 Å². The highest BCUT2D eigenvalue weighted by Crippen LogP contribution is 2.23. The van der Waals surface area contributed by atoms with Gasteiger partial charge < -0.3 is 118 Å². The van der Waals surface area contributed by atoms with Crippen molar-refractivity contribution in [2.45, 2.75) is 244 Å². The van der Waals surface area contributed by atoms with Crippen LogP contribution in [-0.4, -0.2) is 238 Å². The SMILES string of the molecule is CC[C@H](C)[C@H](NC(=O)[C@H](CCCN=C(N)N)NC(=O)CNC(=O)[C@H](CCC(=O)O)NC(=O)[C@@H](NC(=O)[C@H](C)NC(=O)[C@@H]1CCCN1C(=O)[C@H](Cc1ccc(O)cc1)NC(=O)[C@@H](NC(=O)[C@@H](NC(=O)[C@@H](N)CCCCN)C(C)C)[C@@H](C)CC)C(C)C)C(=O)N[C@@H](CCCCN)C(=O)N[C@@H](Cc1ccccc1)C(=O)N[C@@H](CO)C(=O)O. The molecule has 0 radical (unpaired) electrons. The smallest absolute Gasteiger partial charge is 0.328 e. The van der Waals surface area contributed by atoms with E-state index in [2.05, 4.69) is 68.8 Å². The van der Waals surface area contributed by atoms with Gasteiger partial charge in [-0.3, -0.25) is 72.1 Å². The van der Waals surface area contributed by atoms with Crippen molar-refractivity contribution in [1.82, 2.24) is 68.7 Å². The van der Waals surface area contributed by atoms with Crippen LogP contribution in [-0.2, 0) is 84.8 Å². The van der Waals surface area contributed by atoms with Crippen molar-refractivity contribution in [2.75, 3.05) is 39.3 Å². The maximum Gasteiger partial charge on any atom is 0.328 e. The van der Waals surface area contributed by atoms with Gasteiger partial charge in [0.05, 0.1) is 19.2 Å². The lowest BCUT2D eigenvalue weighted by Gasteiger charge is -2.32. The van der Waals surface area contributed by atoms with Gasteiger partial charge in [-0.2, -0.15) is 0 Å². The number of rotatable bonds is 52. The summed E-state index contributed by atoms with van der Waals surface area (Å²) in [4.78, 5) is 212. The molecular formula is C76H123N19O19. The third kappa shape index (κ3) is 33.6. The molecule has 1 fully saturated rings. The number of nitrogens with zero attached hydrogens (tertiary/aromatic N) is 2. The van der Waals surface area contributed by atoms with Crippen molar-refractivity contribution in [2.24, 2.45) is 57.3 Å². The van der Waals surface area contributed by atoms with E-state index in [1.165, 1.54) is 24.0 Å². The molecule has 38 heteroatoms. The molecule has 1 aliphatic rings. The van der Waals surface area contributed by atoms with E-state index in [-0.39, 0.29) is 76.3 Å². The number of unbranched alkanes of at least 4 members (excludes halogenated alkanes) is 2. The molecule has 2 aromatic carbocycles. The molecule has 0 aromatic heterocycles. The summed E-state index contributed by atoms with van der Waals surface area (Å²) in [6, 6.07) is -3.42. The molecule has 114 heavy (non-hydrogen) atoms. The number of aliphatic hydroxyl groups is 1. The fourth-order valence-electron chi connectivity index (χ4n) is 12.3. The molecule has 636 valence electrons. The molecule has 0 saturated carbocycles. The average molecular weight is 1610 g/mol. The Morgan fingerprint density at radius 2 is 0.956 bits per heavy atom. The van der Waals surface area contributed by atoms with E-state index < -0.39 is 217 Å². The van der Waals surface area contributed by atoms with Gasteiger partial charge in [-0.1, -0.05) is 117 Å².